The van der Waals surface area contributed by atoms with Gasteiger partial charge in [-0.2, -0.15) is 5.26 Å². The molecule has 0 bridgehead atoms. The summed E-state index contributed by atoms with van der Waals surface area (Å²) in [5, 5.41) is 21.1. The van der Waals surface area contributed by atoms with Crippen molar-refractivity contribution in [3.63, 3.8) is 0 Å². The smallest absolute Gasteiger partial charge is 0.270 e. The number of benzene rings is 2. The number of likely N-dealkylation sites (tertiary alicyclic amines) is 1. The van der Waals surface area contributed by atoms with Crippen molar-refractivity contribution in [3.05, 3.63) is 68.7 Å². The number of nitro groups is 1. The minimum atomic E-state index is -0.499. The van der Waals surface area contributed by atoms with Crippen LogP contribution in [0.3, 0.4) is 0 Å². The summed E-state index contributed by atoms with van der Waals surface area (Å²) in [5.41, 5.74) is 1.90. The molecule has 2 heterocycles. The van der Waals surface area contributed by atoms with Gasteiger partial charge < -0.3 is 9.80 Å². The first-order valence-electron chi connectivity index (χ1n) is 10.5. The molecule has 2 aliphatic rings. The molecule has 4 rings (SSSR count). The van der Waals surface area contributed by atoms with E-state index in [2.05, 4.69) is 6.07 Å². The molecule has 2 aromatic rings. The number of hydrogen-bond acceptors (Lipinski definition) is 5. The summed E-state index contributed by atoms with van der Waals surface area (Å²) < 4.78 is 0. The molecule has 2 saturated heterocycles. The fourth-order valence-electron chi connectivity index (χ4n) is 4.70. The van der Waals surface area contributed by atoms with E-state index in [1.165, 1.54) is 12.1 Å². The van der Waals surface area contributed by atoms with Crippen molar-refractivity contribution in [1.82, 2.24) is 4.90 Å². The van der Waals surface area contributed by atoms with E-state index in [1.54, 1.807) is 6.07 Å². The lowest BCUT2D eigenvalue weighted by molar-refractivity contribution is -0.384. The number of hydrogen-bond donors (Lipinski definition) is 0. The van der Waals surface area contributed by atoms with Crippen LogP contribution in [0.4, 0.5) is 11.4 Å². The van der Waals surface area contributed by atoms with Gasteiger partial charge in [0.05, 0.1) is 22.2 Å². The van der Waals surface area contributed by atoms with Gasteiger partial charge >= 0.3 is 0 Å². The molecule has 2 aliphatic heterocycles. The normalized spacial score (nSPS) is 19.3. The van der Waals surface area contributed by atoms with Crippen molar-refractivity contribution in [1.29, 1.82) is 5.26 Å². The van der Waals surface area contributed by atoms with Crippen LogP contribution < -0.4 is 4.90 Å². The number of carbonyl (C=O) groups excluding carboxylic acids is 1. The predicted molar refractivity (Wildman–Crippen MR) is 118 cm³/mol. The molecule has 1 amide bonds. The molecule has 7 nitrogen and oxygen atoms in total. The van der Waals surface area contributed by atoms with Gasteiger partial charge in [0.15, 0.2) is 0 Å². The molecule has 31 heavy (non-hydrogen) atoms. The van der Waals surface area contributed by atoms with Crippen molar-refractivity contribution in [2.24, 2.45) is 5.92 Å². The van der Waals surface area contributed by atoms with Crippen molar-refractivity contribution >= 4 is 28.9 Å². The Balaban J connectivity index is 1.44. The minimum absolute atomic E-state index is 0.0269. The third-order valence-corrected chi connectivity index (χ3v) is 6.64. The highest BCUT2D eigenvalue weighted by Crippen LogP contribution is 2.38. The Morgan fingerprint density at radius 1 is 1.13 bits per heavy atom. The average Bonchev–Trinajstić information content (AvgIpc) is 3.28. The molecule has 0 spiro atoms. The fourth-order valence-corrected chi connectivity index (χ4v) is 4.97. The Morgan fingerprint density at radius 3 is 2.55 bits per heavy atom. The molecule has 1 atom stereocenters. The number of nitro benzene ring substituents is 1. The molecule has 0 aromatic heterocycles. The van der Waals surface area contributed by atoms with Crippen LogP contribution >= 0.6 is 11.6 Å². The van der Waals surface area contributed by atoms with Gasteiger partial charge in [-0.15, -0.1) is 0 Å². The summed E-state index contributed by atoms with van der Waals surface area (Å²) in [6.07, 6.45) is 3.26. The lowest BCUT2D eigenvalue weighted by atomic mass is 9.93. The Hall–Kier alpha value is -3.11. The van der Waals surface area contributed by atoms with Crippen LogP contribution in [0.25, 0.3) is 0 Å². The number of piperidine rings is 1. The van der Waals surface area contributed by atoms with Crippen molar-refractivity contribution in [3.8, 4) is 6.07 Å². The Bertz CT molecular complexity index is 1040. The predicted octanol–water partition coefficient (Wildman–Crippen LogP) is 4.70. The first-order valence-corrected chi connectivity index (χ1v) is 10.9. The quantitative estimate of drug-likeness (QED) is 0.509. The molecule has 0 radical (unpaired) electrons. The maximum atomic E-state index is 13.3. The lowest BCUT2D eigenvalue weighted by Gasteiger charge is -2.36. The van der Waals surface area contributed by atoms with Crippen LogP contribution in [-0.4, -0.2) is 35.4 Å². The van der Waals surface area contributed by atoms with Gasteiger partial charge in [-0.3, -0.25) is 14.9 Å². The molecule has 0 aliphatic carbocycles. The number of carbonyl (C=O) groups is 1. The van der Waals surface area contributed by atoms with Gasteiger partial charge in [0.2, 0.25) is 5.91 Å². The summed E-state index contributed by atoms with van der Waals surface area (Å²) in [6, 6.07) is 14.2. The van der Waals surface area contributed by atoms with E-state index >= 15 is 0 Å². The zero-order valence-electron chi connectivity index (χ0n) is 17.0. The topological polar surface area (TPSA) is 90.5 Å². The zero-order chi connectivity index (χ0) is 22.0. The summed E-state index contributed by atoms with van der Waals surface area (Å²) in [6.45, 7) is 2.01. The first kappa shape index (κ1) is 21.1. The van der Waals surface area contributed by atoms with E-state index in [-0.39, 0.29) is 29.1 Å². The van der Waals surface area contributed by atoms with Crippen molar-refractivity contribution in [2.45, 2.75) is 31.7 Å². The van der Waals surface area contributed by atoms with Crippen LogP contribution in [0.15, 0.2) is 42.5 Å². The maximum absolute atomic E-state index is 13.3. The average molecular weight is 439 g/mol. The molecule has 0 saturated carbocycles. The van der Waals surface area contributed by atoms with Crippen LogP contribution in [0, 0.1) is 27.4 Å². The van der Waals surface area contributed by atoms with E-state index in [4.69, 9.17) is 11.6 Å². The van der Waals surface area contributed by atoms with Crippen LogP contribution in [-0.2, 0) is 4.79 Å². The van der Waals surface area contributed by atoms with E-state index < -0.39 is 4.92 Å². The van der Waals surface area contributed by atoms with Gasteiger partial charge in [-0.05, 0) is 43.4 Å². The van der Waals surface area contributed by atoms with Crippen LogP contribution in [0.5, 0.6) is 0 Å². The molecule has 2 fully saturated rings. The maximum Gasteiger partial charge on any atom is 0.270 e. The standard InChI is InChI=1S/C23H23ClN4O3/c24-20-5-2-1-4-19(20)22-6-3-11-27(22)23(29)16-9-12-26(13-10-16)21-8-7-18(28(30)31)14-17(21)15-25/h1-2,4-5,7-8,14,16,22H,3,6,9-13H2/t22-/m1/s1. The second-order valence-corrected chi connectivity index (χ2v) is 8.45. The van der Waals surface area contributed by atoms with Gasteiger partial charge in [-0.1, -0.05) is 29.8 Å². The van der Waals surface area contributed by atoms with Crippen LogP contribution in [0.2, 0.25) is 5.02 Å². The van der Waals surface area contributed by atoms with E-state index in [1.807, 2.05) is 34.1 Å². The molecule has 160 valence electrons. The molecular weight excluding hydrogens is 416 g/mol. The first-order chi connectivity index (χ1) is 15.0. The third kappa shape index (κ3) is 4.21. The van der Waals surface area contributed by atoms with E-state index in [0.717, 1.165) is 24.9 Å². The Kier molecular flexibility index (Phi) is 6.10. The number of nitrogens with zero attached hydrogens (tertiary/aromatic N) is 4. The molecule has 8 heteroatoms. The summed E-state index contributed by atoms with van der Waals surface area (Å²) >= 11 is 6.39. The van der Waals surface area contributed by atoms with Gasteiger partial charge in [0, 0.05) is 42.7 Å². The summed E-state index contributed by atoms with van der Waals surface area (Å²) in [7, 11) is 0. The highest BCUT2D eigenvalue weighted by atomic mass is 35.5. The van der Waals surface area contributed by atoms with Crippen molar-refractivity contribution < 1.29 is 9.72 Å². The number of non-ortho nitro benzene ring substituents is 1. The highest BCUT2D eigenvalue weighted by Gasteiger charge is 2.36. The minimum Gasteiger partial charge on any atom is -0.370 e. The third-order valence-electron chi connectivity index (χ3n) is 6.30. The monoisotopic (exact) mass is 438 g/mol. The zero-order valence-corrected chi connectivity index (χ0v) is 17.8. The number of amides is 1. The SMILES string of the molecule is N#Cc1cc([N+](=O)[O-])ccc1N1CCC(C(=O)N2CCC[C@@H]2c2ccccc2Cl)CC1. The lowest BCUT2D eigenvalue weighted by Crippen LogP contribution is -2.42. The molecule has 0 N–H and O–H groups in total. The molecular formula is C23H23ClN4O3. The Labute approximate surface area is 186 Å². The van der Waals surface area contributed by atoms with Crippen LogP contribution in [0.1, 0.15) is 42.9 Å². The van der Waals surface area contributed by atoms with Gasteiger partial charge in [0.1, 0.15) is 6.07 Å². The van der Waals surface area contributed by atoms with E-state index in [0.29, 0.717) is 36.6 Å². The largest absolute Gasteiger partial charge is 0.370 e. The number of rotatable bonds is 4. The van der Waals surface area contributed by atoms with Crippen molar-refractivity contribution in [2.75, 3.05) is 24.5 Å². The summed E-state index contributed by atoms with van der Waals surface area (Å²) in [5.74, 6) is 0.106. The molecule has 0 unspecified atom stereocenters. The highest BCUT2D eigenvalue weighted by molar-refractivity contribution is 6.31. The Morgan fingerprint density at radius 2 is 1.87 bits per heavy atom. The second kappa shape index (κ2) is 8.94. The fraction of sp³-hybridized carbons (Fsp3) is 0.391. The molecule has 2 aromatic carbocycles. The van der Waals surface area contributed by atoms with E-state index in [9.17, 15) is 20.2 Å². The number of halogens is 1. The van der Waals surface area contributed by atoms with Gasteiger partial charge in [0.25, 0.3) is 5.69 Å². The number of nitriles is 1. The summed E-state index contributed by atoms with van der Waals surface area (Å²) in [4.78, 5) is 27.8. The van der Waals surface area contributed by atoms with Gasteiger partial charge in [-0.25, -0.2) is 0 Å². The number of anilines is 1. The second-order valence-electron chi connectivity index (χ2n) is 8.04.